The lowest BCUT2D eigenvalue weighted by Gasteiger charge is -2.33. The van der Waals surface area contributed by atoms with Crippen molar-refractivity contribution in [2.24, 2.45) is 0 Å². The lowest BCUT2D eigenvalue weighted by molar-refractivity contribution is -0.384. The molecule has 1 aliphatic heterocycles. The Balaban J connectivity index is 0.000000569. The predicted octanol–water partition coefficient (Wildman–Crippen LogP) is 2.84. The second kappa shape index (κ2) is 12.2. The van der Waals surface area contributed by atoms with E-state index in [-0.39, 0.29) is 16.7 Å². The first kappa shape index (κ1) is 25.4. The van der Waals surface area contributed by atoms with Gasteiger partial charge in [0.25, 0.3) is 5.69 Å². The van der Waals surface area contributed by atoms with Crippen molar-refractivity contribution in [2.45, 2.75) is 25.4 Å². The van der Waals surface area contributed by atoms with Crippen LogP contribution in [0.2, 0.25) is 0 Å². The Morgan fingerprint density at radius 3 is 2.21 bits per heavy atom. The number of nitro benzene ring substituents is 1. The van der Waals surface area contributed by atoms with Crippen molar-refractivity contribution in [1.29, 1.82) is 0 Å². The van der Waals surface area contributed by atoms with E-state index >= 15 is 0 Å². The molecule has 1 fully saturated rings. The number of carboxylic acids is 2. The summed E-state index contributed by atoms with van der Waals surface area (Å²) in [6.45, 7) is 2.76. The molecule has 0 spiro atoms. The molecule has 33 heavy (non-hydrogen) atoms. The Morgan fingerprint density at radius 1 is 1.06 bits per heavy atom. The highest BCUT2D eigenvalue weighted by atomic mass is 16.6. The molecule has 0 aliphatic carbocycles. The van der Waals surface area contributed by atoms with Crippen LogP contribution < -0.4 is 14.8 Å². The van der Waals surface area contributed by atoms with Crippen molar-refractivity contribution in [3.63, 3.8) is 0 Å². The lowest BCUT2D eigenvalue weighted by Crippen LogP contribution is -2.38. The van der Waals surface area contributed by atoms with Crippen LogP contribution in [0.3, 0.4) is 0 Å². The quantitative estimate of drug-likeness (QED) is 0.319. The van der Waals surface area contributed by atoms with Crippen LogP contribution in [0.5, 0.6) is 11.5 Å². The van der Waals surface area contributed by atoms with Gasteiger partial charge in [-0.05, 0) is 25.0 Å². The molecule has 1 saturated heterocycles. The van der Waals surface area contributed by atoms with Crippen molar-refractivity contribution in [3.05, 3.63) is 58.1 Å². The van der Waals surface area contributed by atoms with Crippen LogP contribution in [-0.4, -0.2) is 65.3 Å². The van der Waals surface area contributed by atoms with E-state index in [1.54, 1.807) is 26.4 Å². The number of para-hydroxylation sites is 1. The number of likely N-dealkylation sites (tertiary alicyclic amines) is 1. The van der Waals surface area contributed by atoms with Gasteiger partial charge in [0.15, 0.2) is 0 Å². The first-order valence-corrected chi connectivity index (χ1v) is 10.1. The Hall–Kier alpha value is -3.86. The molecule has 1 heterocycles. The van der Waals surface area contributed by atoms with E-state index in [0.717, 1.165) is 38.2 Å². The molecule has 2 aromatic carbocycles. The maximum atomic E-state index is 11.0. The number of carboxylic acid groups (broad SMARTS) is 2. The second-order valence-electron chi connectivity index (χ2n) is 7.26. The van der Waals surface area contributed by atoms with Crippen molar-refractivity contribution in [3.8, 4) is 11.5 Å². The molecule has 0 amide bonds. The number of nitrogens with one attached hydrogen (secondary N) is 1. The van der Waals surface area contributed by atoms with Crippen LogP contribution in [-0.2, 0) is 16.1 Å². The molecule has 0 bridgehead atoms. The molecule has 178 valence electrons. The minimum atomic E-state index is -1.82. The standard InChI is InChI=1S/C20H25N3O4.C2H2O4/c1-26-19-6-4-3-5-15(19)14-22-11-9-16(10-12-22)21-18-13-17(23(24)25)7-8-20(18)27-2;3-1(4)2(5)6/h3-8,13,16,21H,9-12,14H2,1-2H3;(H,3,4)(H,5,6). The van der Waals surface area contributed by atoms with Gasteiger partial charge in [0, 0.05) is 43.4 Å². The number of nitro groups is 1. The second-order valence-corrected chi connectivity index (χ2v) is 7.26. The number of methoxy groups -OCH3 is 2. The number of hydrogen-bond donors (Lipinski definition) is 3. The van der Waals surface area contributed by atoms with Crippen LogP contribution >= 0.6 is 0 Å². The maximum absolute atomic E-state index is 11.0. The zero-order chi connectivity index (χ0) is 24.4. The summed E-state index contributed by atoms with van der Waals surface area (Å²) in [7, 11) is 3.27. The van der Waals surface area contributed by atoms with E-state index in [2.05, 4.69) is 16.3 Å². The minimum absolute atomic E-state index is 0.0620. The molecule has 3 N–H and O–H groups in total. The Morgan fingerprint density at radius 2 is 1.67 bits per heavy atom. The van der Waals surface area contributed by atoms with Crippen molar-refractivity contribution >= 4 is 23.3 Å². The number of ether oxygens (including phenoxy) is 2. The lowest BCUT2D eigenvalue weighted by atomic mass is 10.0. The van der Waals surface area contributed by atoms with Gasteiger partial charge in [-0.1, -0.05) is 18.2 Å². The summed E-state index contributed by atoms with van der Waals surface area (Å²) in [5.74, 6) is -2.11. The molecule has 11 heteroatoms. The molecule has 0 radical (unpaired) electrons. The summed E-state index contributed by atoms with van der Waals surface area (Å²) in [4.78, 5) is 31.2. The summed E-state index contributed by atoms with van der Waals surface area (Å²) < 4.78 is 10.8. The van der Waals surface area contributed by atoms with Gasteiger partial charge >= 0.3 is 11.9 Å². The fourth-order valence-corrected chi connectivity index (χ4v) is 3.45. The summed E-state index contributed by atoms with van der Waals surface area (Å²) in [5.41, 5.74) is 1.92. The van der Waals surface area contributed by atoms with Gasteiger partial charge in [-0.2, -0.15) is 0 Å². The van der Waals surface area contributed by atoms with Gasteiger partial charge in [-0.3, -0.25) is 15.0 Å². The molecule has 0 unspecified atom stereocenters. The average molecular weight is 461 g/mol. The number of anilines is 1. The van der Waals surface area contributed by atoms with Crippen LogP contribution in [0.25, 0.3) is 0 Å². The van der Waals surface area contributed by atoms with Gasteiger partial charge in [0.2, 0.25) is 0 Å². The third-order valence-corrected chi connectivity index (χ3v) is 5.11. The van der Waals surface area contributed by atoms with Crippen molar-refractivity contribution in [2.75, 3.05) is 32.6 Å². The number of hydrogen-bond acceptors (Lipinski definition) is 8. The first-order chi connectivity index (χ1) is 15.7. The summed E-state index contributed by atoms with van der Waals surface area (Å²) in [5, 5.41) is 29.2. The maximum Gasteiger partial charge on any atom is 0.414 e. The van der Waals surface area contributed by atoms with Gasteiger partial charge in [-0.25, -0.2) is 9.59 Å². The third-order valence-electron chi connectivity index (χ3n) is 5.11. The normalized spacial score (nSPS) is 13.9. The molecule has 0 aromatic heterocycles. The number of benzene rings is 2. The average Bonchev–Trinajstić information content (AvgIpc) is 2.81. The Bertz CT molecular complexity index is 962. The minimum Gasteiger partial charge on any atom is -0.496 e. The number of aliphatic carboxylic acids is 2. The van der Waals surface area contributed by atoms with Crippen LogP contribution in [0.4, 0.5) is 11.4 Å². The topological polar surface area (TPSA) is 151 Å². The first-order valence-electron chi connectivity index (χ1n) is 10.1. The van der Waals surface area contributed by atoms with Crippen LogP contribution in [0.15, 0.2) is 42.5 Å². The van der Waals surface area contributed by atoms with Crippen molar-refractivity contribution < 1.29 is 34.2 Å². The van der Waals surface area contributed by atoms with Gasteiger partial charge in [0.1, 0.15) is 11.5 Å². The number of nitrogens with zero attached hydrogens (tertiary/aromatic N) is 2. The molecule has 11 nitrogen and oxygen atoms in total. The van der Waals surface area contributed by atoms with E-state index in [0.29, 0.717) is 11.4 Å². The molecule has 0 atom stereocenters. The Kier molecular flexibility index (Phi) is 9.43. The molecule has 0 saturated carbocycles. The van der Waals surface area contributed by atoms with E-state index in [4.69, 9.17) is 29.3 Å². The fourth-order valence-electron chi connectivity index (χ4n) is 3.45. The van der Waals surface area contributed by atoms with Gasteiger partial charge in [-0.15, -0.1) is 0 Å². The van der Waals surface area contributed by atoms with Crippen LogP contribution in [0, 0.1) is 10.1 Å². The van der Waals surface area contributed by atoms with Gasteiger partial charge < -0.3 is 25.0 Å². The van der Waals surface area contributed by atoms with Gasteiger partial charge in [0.05, 0.1) is 24.8 Å². The zero-order valence-corrected chi connectivity index (χ0v) is 18.4. The highest BCUT2D eigenvalue weighted by Gasteiger charge is 2.22. The molecule has 1 aliphatic rings. The number of piperidine rings is 1. The third kappa shape index (κ3) is 7.65. The highest BCUT2D eigenvalue weighted by molar-refractivity contribution is 6.27. The fraction of sp³-hybridized carbons (Fsp3) is 0.364. The number of non-ortho nitro benzene ring substituents is 1. The Labute approximate surface area is 190 Å². The highest BCUT2D eigenvalue weighted by Crippen LogP contribution is 2.31. The number of rotatable bonds is 7. The zero-order valence-electron chi connectivity index (χ0n) is 18.4. The monoisotopic (exact) mass is 461 g/mol. The van der Waals surface area contributed by atoms with E-state index < -0.39 is 11.9 Å². The molecular weight excluding hydrogens is 434 g/mol. The SMILES string of the molecule is COc1ccccc1CN1CCC(Nc2cc([N+](=O)[O-])ccc2OC)CC1.O=C(O)C(=O)O. The van der Waals surface area contributed by atoms with E-state index in [9.17, 15) is 10.1 Å². The summed E-state index contributed by atoms with van der Waals surface area (Å²) >= 11 is 0. The molecule has 2 aromatic rings. The van der Waals surface area contributed by atoms with Crippen molar-refractivity contribution in [1.82, 2.24) is 4.90 Å². The van der Waals surface area contributed by atoms with E-state index in [1.165, 1.54) is 11.6 Å². The number of carbonyl (C=O) groups is 2. The smallest absolute Gasteiger partial charge is 0.414 e. The molecular formula is C22H27N3O8. The molecule has 3 rings (SSSR count). The summed E-state index contributed by atoms with van der Waals surface area (Å²) in [6, 6.07) is 13.0. The van der Waals surface area contributed by atoms with E-state index in [1.807, 2.05) is 18.2 Å². The van der Waals surface area contributed by atoms with Crippen LogP contribution in [0.1, 0.15) is 18.4 Å². The predicted molar refractivity (Wildman–Crippen MR) is 120 cm³/mol. The largest absolute Gasteiger partial charge is 0.496 e. The summed E-state index contributed by atoms with van der Waals surface area (Å²) in [6.07, 6.45) is 1.92.